The number of hydrogen-bond donors (Lipinski definition) is 1. The van der Waals surface area contributed by atoms with Gasteiger partial charge < -0.3 is 5.73 Å². The second-order valence-electron chi connectivity index (χ2n) is 4.77. The van der Waals surface area contributed by atoms with E-state index < -0.39 is 10.0 Å². The third-order valence-electron chi connectivity index (χ3n) is 3.33. The van der Waals surface area contributed by atoms with E-state index in [2.05, 4.69) is 31.9 Å². The largest absolute Gasteiger partial charge is 0.328 e. The van der Waals surface area contributed by atoms with Crippen molar-refractivity contribution in [3.63, 3.8) is 0 Å². The second-order valence-corrected chi connectivity index (χ2v) is 8.39. The lowest BCUT2D eigenvalue weighted by Crippen LogP contribution is -2.42. The second kappa shape index (κ2) is 5.81. The number of piperidine rings is 1. The van der Waals surface area contributed by atoms with Crippen LogP contribution in [-0.2, 0) is 10.0 Å². The topological polar surface area (TPSA) is 63.4 Å². The molecule has 1 saturated heterocycles. The molecule has 4 nitrogen and oxygen atoms in total. The van der Waals surface area contributed by atoms with E-state index in [0.717, 1.165) is 10.0 Å². The number of benzene rings is 1. The average Bonchev–Trinajstić information content (AvgIpc) is 2.34. The molecule has 106 valence electrons. The number of nitrogens with two attached hydrogens (primary N) is 1. The quantitative estimate of drug-likeness (QED) is 0.813. The monoisotopic (exact) mass is 410 g/mol. The smallest absolute Gasteiger partial charge is 0.244 e. The summed E-state index contributed by atoms with van der Waals surface area (Å²) in [5.41, 5.74) is 6.81. The van der Waals surface area contributed by atoms with Crippen LogP contribution >= 0.6 is 31.9 Å². The molecule has 0 aliphatic carbocycles. The van der Waals surface area contributed by atoms with Gasteiger partial charge in [-0.2, -0.15) is 4.31 Å². The zero-order valence-electron chi connectivity index (χ0n) is 10.6. The van der Waals surface area contributed by atoms with Crippen LogP contribution in [0.5, 0.6) is 0 Å². The summed E-state index contributed by atoms with van der Waals surface area (Å²) in [7, 11) is -3.45. The van der Waals surface area contributed by atoms with E-state index >= 15 is 0 Å². The maximum Gasteiger partial charge on any atom is 0.244 e. The van der Waals surface area contributed by atoms with Crippen molar-refractivity contribution in [1.82, 2.24) is 4.31 Å². The number of sulfonamides is 1. The van der Waals surface area contributed by atoms with E-state index in [9.17, 15) is 8.42 Å². The first kappa shape index (κ1) is 15.4. The highest BCUT2D eigenvalue weighted by Gasteiger charge is 2.30. The van der Waals surface area contributed by atoms with Crippen molar-refractivity contribution in [1.29, 1.82) is 0 Å². The highest BCUT2D eigenvalue weighted by molar-refractivity contribution is 9.11. The molecule has 0 amide bonds. The van der Waals surface area contributed by atoms with E-state index in [1.54, 1.807) is 6.07 Å². The number of halogens is 2. The molecule has 1 aliphatic heterocycles. The predicted octanol–water partition coefficient (Wildman–Crippen LogP) is 2.63. The van der Waals surface area contributed by atoms with Gasteiger partial charge in [0.2, 0.25) is 10.0 Å². The van der Waals surface area contributed by atoms with Gasteiger partial charge in [-0.1, -0.05) is 15.9 Å². The van der Waals surface area contributed by atoms with Crippen LogP contribution in [0.15, 0.2) is 26.0 Å². The van der Waals surface area contributed by atoms with Crippen molar-refractivity contribution in [3.05, 3.63) is 26.6 Å². The summed E-state index contributed by atoms with van der Waals surface area (Å²) in [4.78, 5) is 0.306. The lowest BCUT2D eigenvalue weighted by atomic mass is 10.1. The van der Waals surface area contributed by atoms with Crippen LogP contribution < -0.4 is 5.73 Å². The van der Waals surface area contributed by atoms with Gasteiger partial charge in [0.15, 0.2) is 0 Å². The fourth-order valence-corrected chi connectivity index (χ4v) is 5.19. The summed E-state index contributed by atoms with van der Waals surface area (Å²) in [6.07, 6.45) is 1.42. The van der Waals surface area contributed by atoms with E-state index in [1.165, 1.54) is 4.31 Å². The van der Waals surface area contributed by atoms with Gasteiger partial charge in [-0.3, -0.25) is 0 Å². The molecule has 1 aromatic rings. The number of nitrogens with zero attached hydrogens (tertiary/aromatic N) is 1. The normalized spacial score (nSPS) is 18.7. The molecule has 1 aliphatic rings. The van der Waals surface area contributed by atoms with Gasteiger partial charge in [0.05, 0.1) is 4.90 Å². The van der Waals surface area contributed by atoms with Gasteiger partial charge in [-0.25, -0.2) is 8.42 Å². The molecule has 7 heteroatoms. The first-order chi connectivity index (χ1) is 8.82. The Morgan fingerprint density at radius 1 is 1.21 bits per heavy atom. The zero-order chi connectivity index (χ0) is 14.2. The molecule has 0 saturated carbocycles. The van der Waals surface area contributed by atoms with Gasteiger partial charge in [-0.15, -0.1) is 0 Å². The number of rotatable bonds is 2. The SMILES string of the molecule is Cc1cc(Br)c(S(=O)(=O)N2CCC(N)CC2)cc1Br. The lowest BCUT2D eigenvalue weighted by molar-refractivity contribution is 0.320. The highest BCUT2D eigenvalue weighted by atomic mass is 79.9. The number of hydrogen-bond acceptors (Lipinski definition) is 3. The summed E-state index contributed by atoms with van der Waals surface area (Å²) >= 11 is 6.73. The molecule has 1 aromatic carbocycles. The van der Waals surface area contributed by atoms with Crippen molar-refractivity contribution >= 4 is 41.9 Å². The van der Waals surface area contributed by atoms with Crippen LogP contribution in [0.4, 0.5) is 0 Å². The molecule has 0 aromatic heterocycles. The Kier molecular flexibility index (Phi) is 4.72. The van der Waals surface area contributed by atoms with E-state index in [1.807, 2.05) is 13.0 Å². The van der Waals surface area contributed by atoms with Gasteiger partial charge in [-0.05, 0) is 53.4 Å². The van der Waals surface area contributed by atoms with Crippen LogP contribution in [0.2, 0.25) is 0 Å². The Morgan fingerprint density at radius 2 is 1.79 bits per heavy atom. The fourth-order valence-electron chi connectivity index (χ4n) is 2.08. The molecule has 0 unspecified atom stereocenters. The van der Waals surface area contributed by atoms with Crippen molar-refractivity contribution in [2.45, 2.75) is 30.7 Å². The Balaban J connectivity index is 2.37. The van der Waals surface area contributed by atoms with Crippen molar-refractivity contribution in [2.24, 2.45) is 5.73 Å². The summed E-state index contributed by atoms with van der Waals surface area (Å²) in [6.45, 7) is 2.90. The van der Waals surface area contributed by atoms with E-state index in [0.29, 0.717) is 35.3 Å². The minimum absolute atomic E-state index is 0.111. The molecule has 1 fully saturated rings. The summed E-state index contributed by atoms with van der Waals surface area (Å²) < 4.78 is 28.1. The van der Waals surface area contributed by atoms with Crippen LogP contribution in [0.1, 0.15) is 18.4 Å². The standard InChI is InChI=1S/C12H16Br2N2O2S/c1-8-6-11(14)12(7-10(8)13)19(17,18)16-4-2-9(15)3-5-16/h6-7,9H,2-5,15H2,1H3. The van der Waals surface area contributed by atoms with E-state index in [-0.39, 0.29) is 6.04 Å². The first-order valence-electron chi connectivity index (χ1n) is 6.03. The third-order valence-corrected chi connectivity index (χ3v) is 7.04. The molecule has 0 radical (unpaired) electrons. The number of aryl methyl sites for hydroxylation is 1. The van der Waals surface area contributed by atoms with Gasteiger partial charge >= 0.3 is 0 Å². The predicted molar refractivity (Wildman–Crippen MR) is 82.5 cm³/mol. The van der Waals surface area contributed by atoms with Gasteiger partial charge in [0, 0.05) is 28.1 Å². The van der Waals surface area contributed by atoms with E-state index in [4.69, 9.17) is 5.73 Å². The Bertz CT molecular complexity index is 582. The first-order valence-corrected chi connectivity index (χ1v) is 9.06. The Hall–Kier alpha value is 0.0500. The fraction of sp³-hybridized carbons (Fsp3) is 0.500. The Labute approximate surface area is 130 Å². The van der Waals surface area contributed by atoms with Crippen molar-refractivity contribution in [2.75, 3.05) is 13.1 Å². The molecule has 2 N–H and O–H groups in total. The molecule has 0 atom stereocenters. The minimum atomic E-state index is -3.45. The van der Waals surface area contributed by atoms with Crippen LogP contribution in [0, 0.1) is 6.92 Å². The molecule has 1 heterocycles. The average molecular weight is 412 g/mol. The van der Waals surface area contributed by atoms with Crippen LogP contribution in [0.3, 0.4) is 0 Å². The van der Waals surface area contributed by atoms with Crippen molar-refractivity contribution in [3.8, 4) is 0 Å². The third kappa shape index (κ3) is 3.21. The summed E-state index contributed by atoms with van der Waals surface area (Å²) in [5.74, 6) is 0. The molecule has 19 heavy (non-hydrogen) atoms. The molecule has 0 bridgehead atoms. The molecule has 2 rings (SSSR count). The molecular weight excluding hydrogens is 396 g/mol. The van der Waals surface area contributed by atoms with Crippen LogP contribution in [0.25, 0.3) is 0 Å². The van der Waals surface area contributed by atoms with Gasteiger partial charge in [0.1, 0.15) is 0 Å². The summed E-state index contributed by atoms with van der Waals surface area (Å²) in [6, 6.07) is 3.58. The van der Waals surface area contributed by atoms with Crippen LogP contribution in [-0.4, -0.2) is 31.9 Å². The maximum atomic E-state index is 12.6. The summed E-state index contributed by atoms with van der Waals surface area (Å²) in [5, 5.41) is 0. The Morgan fingerprint density at radius 3 is 2.37 bits per heavy atom. The molecular formula is C12H16Br2N2O2S. The highest BCUT2D eigenvalue weighted by Crippen LogP contribution is 2.31. The molecule has 0 spiro atoms. The maximum absolute atomic E-state index is 12.6. The van der Waals surface area contributed by atoms with Gasteiger partial charge in [0.25, 0.3) is 0 Å². The van der Waals surface area contributed by atoms with Crippen molar-refractivity contribution < 1.29 is 8.42 Å². The lowest BCUT2D eigenvalue weighted by Gasteiger charge is -2.29. The minimum Gasteiger partial charge on any atom is -0.328 e. The zero-order valence-corrected chi connectivity index (χ0v) is 14.6.